The molecule has 3 aliphatic carbocycles. The second kappa shape index (κ2) is 2.63. The molecule has 0 N–H and O–H groups in total. The summed E-state index contributed by atoms with van der Waals surface area (Å²) in [5.41, 5.74) is 3.12. The summed E-state index contributed by atoms with van der Waals surface area (Å²) < 4.78 is 0. The van der Waals surface area contributed by atoms with E-state index in [2.05, 4.69) is 32.9 Å². The fraction of sp³-hybridized carbons (Fsp3) is 0.643. The second-order valence-corrected chi connectivity index (χ2v) is 5.85. The number of carbonyl (C=O) groups is 1. The van der Waals surface area contributed by atoms with Crippen molar-refractivity contribution in [2.24, 2.45) is 23.2 Å². The van der Waals surface area contributed by atoms with Crippen molar-refractivity contribution in [2.75, 3.05) is 0 Å². The Kier molecular flexibility index (Phi) is 1.65. The van der Waals surface area contributed by atoms with Crippen LogP contribution in [0.1, 0.15) is 33.6 Å². The Balaban J connectivity index is 2.17. The molecule has 0 unspecified atom stereocenters. The molecule has 0 amide bonds. The van der Waals surface area contributed by atoms with Crippen LogP contribution in [0.15, 0.2) is 23.3 Å². The van der Waals surface area contributed by atoms with Gasteiger partial charge in [0.1, 0.15) is 5.78 Å². The predicted molar refractivity (Wildman–Crippen MR) is 60.3 cm³/mol. The third-order valence-electron chi connectivity index (χ3n) is 4.87. The summed E-state index contributed by atoms with van der Waals surface area (Å²) in [7, 11) is 0. The zero-order chi connectivity index (χ0) is 10.8. The summed E-state index contributed by atoms with van der Waals surface area (Å²) in [6.07, 6.45) is 6.73. The van der Waals surface area contributed by atoms with Gasteiger partial charge in [0.25, 0.3) is 0 Å². The lowest BCUT2D eigenvalue weighted by Gasteiger charge is -2.37. The molecule has 1 heteroatoms. The highest BCUT2D eigenvalue weighted by atomic mass is 16.1. The topological polar surface area (TPSA) is 17.1 Å². The number of hydrogen-bond acceptors (Lipinski definition) is 1. The minimum atomic E-state index is 0.0840. The van der Waals surface area contributed by atoms with E-state index in [0.29, 0.717) is 11.7 Å². The average molecular weight is 202 g/mol. The van der Waals surface area contributed by atoms with Crippen LogP contribution in [0.5, 0.6) is 0 Å². The Morgan fingerprint density at radius 3 is 2.87 bits per heavy atom. The highest BCUT2D eigenvalue weighted by Gasteiger charge is 2.53. The Morgan fingerprint density at radius 2 is 2.13 bits per heavy atom. The van der Waals surface area contributed by atoms with Crippen molar-refractivity contribution in [2.45, 2.75) is 33.6 Å². The molecule has 1 nitrogen and oxygen atoms in total. The Labute approximate surface area is 91.2 Å². The molecule has 0 aromatic rings. The van der Waals surface area contributed by atoms with E-state index >= 15 is 0 Å². The van der Waals surface area contributed by atoms with E-state index in [1.54, 1.807) is 5.57 Å². The monoisotopic (exact) mass is 202 g/mol. The van der Waals surface area contributed by atoms with Crippen LogP contribution in [0.2, 0.25) is 0 Å². The number of rotatable bonds is 0. The molecule has 1 saturated carbocycles. The van der Waals surface area contributed by atoms with Crippen molar-refractivity contribution < 1.29 is 4.79 Å². The molecule has 3 rings (SSSR count). The van der Waals surface area contributed by atoms with Crippen LogP contribution in [0, 0.1) is 23.2 Å². The largest absolute Gasteiger partial charge is 0.299 e. The fourth-order valence-corrected chi connectivity index (χ4v) is 3.87. The summed E-state index contributed by atoms with van der Waals surface area (Å²) in [6.45, 7) is 6.61. The molecule has 0 radical (unpaired) electrons. The lowest BCUT2D eigenvalue weighted by molar-refractivity contribution is -0.125. The third kappa shape index (κ3) is 0.965. The van der Waals surface area contributed by atoms with Gasteiger partial charge in [0.05, 0.1) is 0 Å². The molecule has 3 aliphatic rings. The quantitative estimate of drug-likeness (QED) is 0.590. The van der Waals surface area contributed by atoms with Crippen molar-refractivity contribution in [3.8, 4) is 0 Å². The first-order valence-corrected chi connectivity index (χ1v) is 5.97. The summed E-state index contributed by atoms with van der Waals surface area (Å²) in [5.74, 6) is 1.61. The van der Waals surface area contributed by atoms with Gasteiger partial charge < -0.3 is 0 Å². The van der Waals surface area contributed by atoms with Crippen molar-refractivity contribution in [3.05, 3.63) is 23.3 Å². The Hall–Kier alpha value is -0.850. The molecule has 1 fully saturated rings. The van der Waals surface area contributed by atoms with Crippen LogP contribution in [0.3, 0.4) is 0 Å². The van der Waals surface area contributed by atoms with E-state index in [4.69, 9.17) is 0 Å². The number of fused-ring (bicyclic) bond motifs is 3. The van der Waals surface area contributed by atoms with Gasteiger partial charge in [0, 0.05) is 11.8 Å². The van der Waals surface area contributed by atoms with E-state index in [1.165, 1.54) is 5.57 Å². The smallest absolute Gasteiger partial charge is 0.140 e. The Bertz CT molecular complexity index is 398. The molecule has 80 valence electrons. The van der Waals surface area contributed by atoms with E-state index in [9.17, 15) is 4.79 Å². The summed E-state index contributed by atoms with van der Waals surface area (Å²) in [4.78, 5) is 12.2. The van der Waals surface area contributed by atoms with Crippen LogP contribution in [-0.4, -0.2) is 5.78 Å². The van der Waals surface area contributed by atoms with Crippen molar-refractivity contribution in [3.63, 3.8) is 0 Å². The number of allylic oxidation sites excluding steroid dienone is 4. The minimum absolute atomic E-state index is 0.0840. The highest BCUT2D eigenvalue weighted by molar-refractivity contribution is 5.88. The molecule has 0 aromatic carbocycles. The molecule has 15 heavy (non-hydrogen) atoms. The molecule has 0 aliphatic heterocycles. The fourth-order valence-electron chi connectivity index (χ4n) is 3.87. The predicted octanol–water partition coefficient (Wildman–Crippen LogP) is 3.12. The molecule has 3 atom stereocenters. The van der Waals surface area contributed by atoms with Crippen LogP contribution < -0.4 is 0 Å². The van der Waals surface area contributed by atoms with Crippen LogP contribution in [-0.2, 0) is 4.79 Å². The molecule has 0 heterocycles. The lowest BCUT2D eigenvalue weighted by Crippen LogP contribution is -2.31. The van der Waals surface area contributed by atoms with Gasteiger partial charge in [0.15, 0.2) is 0 Å². The third-order valence-corrected chi connectivity index (χ3v) is 4.87. The van der Waals surface area contributed by atoms with Gasteiger partial charge in [-0.25, -0.2) is 0 Å². The second-order valence-electron chi connectivity index (χ2n) is 5.85. The van der Waals surface area contributed by atoms with E-state index in [1.807, 2.05) is 0 Å². The average Bonchev–Trinajstić information content (AvgIpc) is 2.73. The van der Waals surface area contributed by atoms with Gasteiger partial charge in [-0.1, -0.05) is 38.5 Å². The summed E-state index contributed by atoms with van der Waals surface area (Å²) in [6, 6.07) is 0. The first-order valence-electron chi connectivity index (χ1n) is 5.97. The standard InChI is InChI=1S/C14H18O/c1-8-10-7-12(13(8)15)14(2,3)11-6-4-5-9(10)11/h4,6,8,10,12H,5,7H2,1-3H3/t8-,10-,12+/m1/s1. The van der Waals surface area contributed by atoms with E-state index < -0.39 is 0 Å². The maximum Gasteiger partial charge on any atom is 0.140 e. The molecule has 2 bridgehead atoms. The van der Waals surface area contributed by atoms with Crippen LogP contribution >= 0.6 is 0 Å². The summed E-state index contributed by atoms with van der Waals surface area (Å²) >= 11 is 0. The maximum atomic E-state index is 12.2. The Morgan fingerprint density at radius 1 is 1.40 bits per heavy atom. The van der Waals surface area contributed by atoms with E-state index in [0.717, 1.165) is 12.8 Å². The minimum Gasteiger partial charge on any atom is -0.299 e. The summed E-state index contributed by atoms with van der Waals surface area (Å²) in [5, 5.41) is 0. The zero-order valence-corrected chi connectivity index (χ0v) is 9.71. The SMILES string of the molecule is C[C@H]1C(=O)[C@@H]2C[C@H]1C1=C(C=CC1)C2(C)C. The van der Waals surface area contributed by atoms with Gasteiger partial charge in [0.2, 0.25) is 0 Å². The number of Topliss-reactive ketones (excluding diaryl/α,β-unsaturated/α-hetero) is 1. The zero-order valence-electron chi connectivity index (χ0n) is 9.71. The molecular weight excluding hydrogens is 184 g/mol. The molecule has 0 saturated heterocycles. The molecule has 0 aromatic heterocycles. The molecule has 0 spiro atoms. The highest BCUT2D eigenvalue weighted by Crippen LogP contribution is 2.57. The normalized spacial score (nSPS) is 41.3. The first-order chi connectivity index (χ1) is 7.03. The maximum absolute atomic E-state index is 12.2. The van der Waals surface area contributed by atoms with Crippen molar-refractivity contribution >= 4 is 5.78 Å². The van der Waals surface area contributed by atoms with Crippen LogP contribution in [0.25, 0.3) is 0 Å². The number of carbonyl (C=O) groups excluding carboxylic acids is 1. The number of hydrogen-bond donors (Lipinski definition) is 0. The van der Waals surface area contributed by atoms with Crippen molar-refractivity contribution in [1.82, 2.24) is 0 Å². The van der Waals surface area contributed by atoms with Crippen LogP contribution in [0.4, 0.5) is 0 Å². The van der Waals surface area contributed by atoms with Gasteiger partial charge in [-0.15, -0.1) is 0 Å². The van der Waals surface area contributed by atoms with Gasteiger partial charge >= 0.3 is 0 Å². The lowest BCUT2D eigenvalue weighted by atomic mass is 9.66. The number of ketones is 1. The van der Waals surface area contributed by atoms with E-state index in [-0.39, 0.29) is 17.3 Å². The molecular formula is C14H18O. The van der Waals surface area contributed by atoms with Gasteiger partial charge in [-0.3, -0.25) is 4.79 Å². The van der Waals surface area contributed by atoms with Crippen molar-refractivity contribution in [1.29, 1.82) is 0 Å². The first kappa shape index (κ1) is 9.38. The van der Waals surface area contributed by atoms with Gasteiger partial charge in [-0.2, -0.15) is 0 Å². The van der Waals surface area contributed by atoms with Gasteiger partial charge in [-0.05, 0) is 29.7 Å².